The summed E-state index contributed by atoms with van der Waals surface area (Å²) in [5, 5.41) is 5.22. The third-order valence-corrected chi connectivity index (χ3v) is 3.94. The first kappa shape index (κ1) is 19.4. The summed E-state index contributed by atoms with van der Waals surface area (Å²) in [5.41, 5.74) is 0.981. The number of nitrogens with zero attached hydrogens (tertiary/aromatic N) is 2. The van der Waals surface area contributed by atoms with E-state index in [4.69, 9.17) is 0 Å². The van der Waals surface area contributed by atoms with Crippen LogP contribution >= 0.6 is 0 Å². The molecule has 1 heterocycles. The molecule has 1 saturated heterocycles. The normalized spacial score (nSPS) is 16.7. The van der Waals surface area contributed by atoms with Gasteiger partial charge in [-0.2, -0.15) is 0 Å². The first-order valence-corrected chi connectivity index (χ1v) is 8.42. The summed E-state index contributed by atoms with van der Waals surface area (Å²) in [5.74, 6) is -0.754. The van der Waals surface area contributed by atoms with Crippen molar-refractivity contribution in [3.63, 3.8) is 0 Å². The average molecular weight is 360 g/mol. The molecule has 1 atom stereocenters. The molecule has 0 radical (unpaired) electrons. The maximum absolute atomic E-state index is 12.2. The lowest BCUT2D eigenvalue weighted by Crippen LogP contribution is -2.38. The molecule has 0 spiro atoms. The van der Waals surface area contributed by atoms with Crippen LogP contribution in [0.25, 0.3) is 0 Å². The van der Waals surface area contributed by atoms with Gasteiger partial charge in [-0.25, -0.2) is 4.79 Å². The van der Waals surface area contributed by atoms with Gasteiger partial charge in [-0.3, -0.25) is 19.3 Å². The Morgan fingerprint density at radius 2 is 1.81 bits per heavy atom. The van der Waals surface area contributed by atoms with E-state index < -0.39 is 18.0 Å². The second-order valence-corrected chi connectivity index (χ2v) is 6.88. The van der Waals surface area contributed by atoms with Gasteiger partial charge in [0.15, 0.2) is 0 Å². The number of anilines is 1. The van der Waals surface area contributed by atoms with Gasteiger partial charge in [-0.05, 0) is 36.6 Å². The Bertz CT molecular complexity index is 712. The molecule has 1 aliphatic heterocycles. The van der Waals surface area contributed by atoms with Crippen LogP contribution in [0.3, 0.4) is 0 Å². The number of carbonyl (C=O) groups excluding carboxylic acids is 4. The Morgan fingerprint density at radius 1 is 1.19 bits per heavy atom. The molecule has 140 valence electrons. The number of carbonyl (C=O) groups is 4. The smallest absolute Gasteiger partial charge is 0.325 e. The average Bonchev–Trinajstić information content (AvgIpc) is 2.81. The molecule has 0 bridgehead atoms. The van der Waals surface area contributed by atoms with Crippen molar-refractivity contribution in [3.05, 3.63) is 29.8 Å². The fourth-order valence-electron chi connectivity index (χ4n) is 2.66. The Morgan fingerprint density at radius 3 is 2.35 bits per heavy atom. The number of rotatable bonds is 6. The Hall–Kier alpha value is -2.90. The number of amides is 5. The van der Waals surface area contributed by atoms with Gasteiger partial charge in [0.05, 0.1) is 0 Å². The van der Waals surface area contributed by atoms with Crippen molar-refractivity contribution in [3.8, 4) is 0 Å². The monoisotopic (exact) mass is 360 g/mol. The minimum atomic E-state index is -0.577. The molecular formula is C18H24N4O4. The molecule has 8 heteroatoms. The van der Waals surface area contributed by atoms with Crippen molar-refractivity contribution in [1.29, 1.82) is 0 Å². The predicted octanol–water partition coefficient (Wildman–Crippen LogP) is 1.29. The lowest BCUT2D eigenvalue weighted by Gasteiger charge is -2.14. The van der Waals surface area contributed by atoms with Gasteiger partial charge in [-0.1, -0.05) is 13.8 Å². The van der Waals surface area contributed by atoms with Gasteiger partial charge in [0.25, 0.3) is 11.8 Å². The zero-order chi connectivity index (χ0) is 19.4. The molecule has 2 rings (SSSR count). The SMILES string of the molecule is CC(C)C[C@H]1NC(=O)N(CC(=O)Nc2ccc(C(=O)N(C)C)cc2)C1=O. The van der Waals surface area contributed by atoms with Crippen LogP contribution in [0, 0.1) is 5.92 Å². The zero-order valence-corrected chi connectivity index (χ0v) is 15.4. The van der Waals surface area contributed by atoms with Crippen molar-refractivity contribution in [1.82, 2.24) is 15.1 Å². The number of hydrogen-bond donors (Lipinski definition) is 2. The molecule has 2 N–H and O–H groups in total. The van der Waals surface area contributed by atoms with Crippen molar-refractivity contribution in [2.75, 3.05) is 26.0 Å². The lowest BCUT2D eigenvalue weighted by atomic mass is 10.0. The third kappa shape index (κ3) is 4.59. The highest BCUT2D eigenvalue weighted by atomic mass is 16.2. The summed E-state index contributed by atoms with van der Waals surface area (Å²) in [4.78, 5) is 50.5. The van der Waals surface area contributed by atoms with Gasteiger partial charge in [-0.15, -0.1) is 0 Å². The van der Waals surface area contributed by atoms with Crippen molar-refractivity contribution in [2.45, 2.75) is 26.3 Å². The van der Waals surface area contributed by atoms with Crippen LogP contribution in [0.2, 0.25) is 0 Å². The molecular weight excluding hydrogens is 336 g/mol. The summed E-state index contributed by atoms with van der Waals surface area (Å²) in [6.45, 7) is 3.57. The van der Waals surface area contributed by atoms with E-state index >= 15 is 0 Å². The largest absolute Gasteiger partial charge is 0.345 e. The molecule has 0 unspecified atom stereocenters. The molecule has 8 nitrogen and oxygen atoms in total. The molecule has 1 aliphatic rings. The first-order chi connectivity index (χ1) is 12.2. The van der Waals surface area contributed by atoms with E-state index in [-0.39, 0.29) is 24.3 Å². The van der Waals surface area contributed by atoms with Crippen LogP contribution in [-0.2, 0) is 9.59 Å². The summed E-state index contributed by atoms with van der Waals surface area (Å²) >= 11 is 0. The minimum absolute atomic E-state index is 0.140. The molecule has 0 aromatic heterocycles. The highest BCUT2D eigenvalue weighted by Gasteiger charge is 2.38. The molecule has 26 heavy (non-hydrogen) atoms. The Labute approximate surface area is 152 Å². The second kappa shape index (κ2) is 7.99. The van der Waals surface area contributed by atoms with Crippen LogP contribution in [0.1, 0.15) is 30.6 Å². The summed E-state index contributed by atoms with van der Waals surface area (Å²) in [6, 6.07) is 5.27. The van der Waals surface area contributed by atoms with Crippen molar-refractivity contribution < 1.29 is 19.2 Å². The molecule has 5 amide bonds. The summed E-state index contributed by atoms with van der Waals surface area (Å²) in [7, 11) is 3.31. The van der Waals surface area contributed by atoms with Gasteiger partial charge in [0.2, 0.25) is 5.91 Å². The molecule has 0 aliphatic carbocycles. The number of nitrogens with one attached hydrogen (secondary N) is 2. The number of urea groups is 1. The number of benzene rings is 1. The topological polar surface area (TPSA) is 98.8 Å². The van der Waals surface area contributed by atoms with E-state index in [2.05, 4.69) is 10.6 Å². The van der Waals surface area contributed by atoms with Crippen molar-refractivity contribution in [2.24, 2.45) is 5.92 Å². The maximum atomic E-state index is 12.2. The maximum Gasteiger partial charge on any atom is 0.325 e. The highest BCUT2D eigenvalue weighted by molar-refractivity contribution is 6.08. The predicted molar refractivity (Wildman–Crippen MR) is 96.6 cm³/mol. The third-order valence-electron chi connectivity index (χ3n) is 3.94. The van der Waals surface area contributed by atoms with Gasteiger partial charge >= 0.3 is 6.03 Å². The van der Waals surface area contributed by atoms with E-state index in [9.17, 15) is 19.2 Å². The standard InChI is InChI=1S/C18H24N4O4/c1-11(2)9-14-17(25)22(18(26)20-14)10-15(23)19-13-7-5-12(6-8-13)16(24)21(3)4/h5-8,11,14H,9-10H2,1-4H3,(H,19,23)(H,20,26)/t14-/m1/s1. The molecule has 1 aromatic rings. The Kier molecular flexibility index (Phi) is 5.97. The van der Waals surface area contributed by atoms with E-state index in [1.54, 1.807) is 38.4 Å². The van der Waals surface area contributed by atoms with Crippen LogP contribution in [-0.4, -0.2) is 60.2 Å². The van der Waals surface area contributed by atoms with E-state index in [0.29, 0.717) is 17.7 Å². The summed E-state index contributed by atoms with van der Waals surface area (Å²) < 4.78 is 0. The lowest BCUT2D eigenvalue weighted by molar-refractivity contribution is -0.131. The fourth-order valence-corrected chi connectivity index (χ4v) is 2.66. The second-order valence-electron chi connectivity index (χ2n) is 6.88. The van der Waals surface area contributed by atoms with Crippen LogP contribution in [0.4, 0.5) is 10.5 Å². The quantitative estimate of drug-likeness (QED) is 0.747. The molecule has 1 aromatic carbocycles. The molecule has 0 saturated carbocycles. The zero-order valence-electron chi connectivity index (χ0n) is 15.4. The number of hydrogen-bond acceptors (Lipinski definition) is 4. The molecule has 1 fully saturated rings. The highest BCUT2D eigenvalue weighted by Crippen LogP contribution is 2.15. The fraction of sp³-hybridized carbons (Fsp3) is 0.444. The van der Waals surface area contributed by atoms with E-state index in [0.717, 1.165) is 4.90 Å². The first-order valence-electron chi connectivity index (χ1n) is 8.42. The summed E-state index contributed by atoms with van der Waals surface area (Å²) in [6.07, 6.45) is 0.532. The van der Waals surface area contributed by atoms with Crippen molar-refractivity contribution >= 4 is 29.4 Å². The minimum Gasteiger partial charge on any atom is -0.345 e. The van der Waals surface area contributed by atoms with Crippen LogP contribution in [0.5, 0.6) is 0 Å². The van der Waals surface area contributed by atoms with Crippen LogP contribution in [0.15, 0.2) is 24.3 Å². The van der Waals surface area contributed by atoms with Crippen LogP contribution < -0.4 is 10.6 Å². The van der Waals surface area contributed by atoms with E-state index in [1.807, 2.05) is 13.8 Å². The Balaban J connectivity index is 1.95. The van der Waals surface area contributed by atoms with E-state index in [1.165, 1.54) is 4.90 Å². The van der Waals surface area contributed by atoms with Gasteiger partial charge < -0.3 is 15.5 Å². The van der Waals surface area contributed by atoms with Gasteiger partial charge in [0, 0.05) is 25.3 Å². The van der Waals surface area contributed by atoms with Gasteiger partial charge in [0.1, 0.15) is 12.6 Å². The number of imide groups is 1.